The van der Waals surface area contributed by atoms with Gasteiger partial charge in [-0.2, -0.15) is 0 Å². The maximum absolute atomic E-state index is 13.2. The average molecular weight is 266 g/mol. The molecule has 0 saturated carbocycles. The van der Waals surface area contributed by atoms with E-state index >= 15 is 0 Å². The van der Waals surface area contributed by atoms with E-state index in [-0.39, 0.29) is 11.8 Å². The van der Waals surface area contributed by atoms with E-state index in [1.807, 2.05) is 19.9 Å². The summed E-state index contributed by atoms with van der Waals surface area (Å²) < 4.78 is 24.0. The maximum atomic E-state index is 13.2. The minimum absolute atomic E-state index is 0.278. The van der Waals surface area contributed by atoms with Crippen molar-refractivity contribution in [3.05, 3.63) is 35.6 Å². The maximum Gasteiger partial charge on any atom is 0.341 e. The molecule has 1 fully saturated rings. The third-order valence-corrected chi connectivity index (χ3v) is 3.75. The summed E-state index contributed by atoms with van der Waals surface area (Å²) in [6, 6.07) is 6.37. The highest BCUT2D eigenvalue weighted by atomic mass is 19.1. The Hall–Kier alpha value is -1.42. The van der Waals surface area contributed by atoms with Crippen LogP contribution in [0.1, 0.15) is 32.8 Å². The lowest BCUT2D eigenvalue weighted by Crippen LogP contribution is -2.35. The molecule has 1 saturated heterocycles. The molecule has 0 N–H and O–H groups in total. The summed E-state index contributed by atoms with van der Waals surface area (Å²) >= 11 is 0. The lowest BCUT2D eigenvalue weighted by atomic mass is 9.86. The molecule has 0 spiro atoms. The van der Waals surface area contributed by atoms with Crippen LogP contribution in [0.25, 0.3) is 0 Å². The zero-order valence-electron chi connectivity index (χ0n) is 11.5. The average Bonchev–Trinajstić information content (AvgIpc) is 2.96. The normalized spacial score (nSPS) is 29.1. The van der Waals surface area contributed by atoms with Crippen LogP contribution >= 0.6 is 0 Å². The largest absolute Gasteiger partial charge is 0.464 e. The third kappa shape index (κ3) is 2.37. The summed E-state index contributed by atoms with van der Waals surface area (Å²) in [6.45, 7) is 5.87. The van der Waals surface area contributed by atoms with Gasteiger partial charge in [0.25, 0.3) is 0 Å². The number of rotatable bonds is 5. The van der Waals surface area contributed by atoms with Crippen molar-refractivity contribution in [3.8, 4) is 0 Å². The van der Waals surface area contributed by atoms with E-state index < -0.39 is 11.2 Å². The fourth-order valence-corrected chi connectivity index (χ4v) is 2.67. The highest BCUT2D eigenvalue weighted by Gasteiger charge is 2.71. The second-order valence-corrected chi connectivity index (χ2v) is 5.04. The van der Waals surface area contributed by atoms with Crippen LogP contribution < -0.4 is 0 Å². The molecule has 0 aliphatic carbocycles. The van der Waals surface area contributed by atoms with Crippen LogP contribution in [0.4, 0.5) is 4.39 Å². The molecule has 1 aromatic carbocycles. The fourth-order valence-electron chi connectivity index (χ4n) is 2.67. The number of hydrogen-bond donors (Lipinski definition) is 0. The minimum Gasteiger partial charge on any atom is -0.464 e. The smallest absolute Gasteiger partial charge is 0.341 e. The summed E-state index contributed by atoms with van der Waals surface area (Å²) in [5, 5.41) is 0. The molecule has 0 amide bonds. The SMILES string of the molecule is CCOC(=O)C1(CC)OC1(C)Cc1cccc(F)c1. The van der Waals surface area contributed by atoms with Gasteiger partial charge < -0.3 is 9.47 Å². The first-order valence-corrected chi connectivity index (χ1v) is 6.59. The molecule has 104 valence electrons. The number of ether oxygens (including phenoxy) is 2. The van der Waals surface area contributed by atoms with Crippen LogP contribution in [-0.2, 0) is 20.7 Å². The minimum atomic E-state index is -0.880. The van der Waals surface area contributed by atoms with Crippen molar-refractivity contribution < 1.29 is 18.7 Å². The highest BCUT2D eigenvalue weighted by molar-refractivity contribution is 5.84. The number of carbonyl (C=O) groups excluding carboxylic acids is 1. The van der Waals surface area contributed by atoms with Gasteiger partial charge in [0, 0.05) is 6.42 Å². The standard InChI is InChI=1S/C15H19FO3/c1-4-15(13(17)18-5-2)14(3,19-15)10-11-7-6-8-12(16)9-11/h6-9H,4-5,10H2,1-3H3. The summed E-state index contributed by atoms with van der Waals surface area (Å²) in [6.07, 6.45) is 1.05. The van der Waals surface area contributed by atoms with Gasteiger partial charge in [-0.05, 0) is 38.0 Å². The Labute approximate surface area is 112 Å². The molecule has 0 radical (unpaired) electrons. The molecule has 1 aliphatic heterocycles. The van der Waals surface area contributed by atoms with Gasteiger partial charge in [0.1, 0.15) is 11.4 Å². The Bertz CT molecular complexity index is 488. The first-order valence-electron chi connectivity index (χ1n) is 6.59. The van der Waals surface area contributed by atoms with Gasteiger partial charge in [0.05, 0.1) is 6.61 Å². The summed E-state index contributed by atoms with van der Waals surface area (Å²) in [7, 11) is 0. The summed E-state index contributed by atoms with van der Waals surface area (Å²) in [4.78, 5) is 12.0. The molecule has 1 aromatic rings. The number of carbonyl (C=O) groups is 1. The van der Waals surface area contributed by atoms with Crippen molar-refractivity contribution in [1.29, 1.82) is 0 Å². The Kier molecular flexibility index (Phi) is 3.63. The van der Waals surface area contributed by atoms with Crippen molar-refractivity contribution in [2.24, 2.45) is 0 Å². The second kappa shape index (κ2) is 4.93. The Morgan fingerprint density at radius 2 is 2.16 bits per heavy atom. The van der Waals surface area contributed by atoms with Gasteiger partial charge in [0.2, 0.25) is 0 Å². The molecular weight excluding hydrogens is 247 g/mol. The van der Waals surface area contributed by atoms with Crippen molar-refractivity contribution in [2.45, 2.75) is 44.8 Å². The second-order valence-electron chi connectivity index (χ2n) is 5.04. The summed E-state index contributed by atoms with van der Waals surface area (Å²) in [5.41, 5.74) is -0.668. The lowest BCUT2D eigenvalue weighted by Gasteiger charge is -2.14. The quantitative estimate of drug-likeness (QED) is 0.607. The first-order chi connectivity index (χ1) is 8.97. The van der Waals surface area contributed by atoms with E-state index in [2.05, 4.69) is 0 Å². The van der Waals surface area contributed by atoms with Crippen molar-refractivity contribution in [3.63, 3.8) is 0 Å². The van der Waals surface area contributed by atoms with Gasteiger partial charge in [-0.25, -0.2) is 9.18 Å². The van der Waals surface area contributed by atoms with Gasteiger partial charge in [0.15, 0.2) is 5.60 Å². The molecular formula is C15H19FO3. The third-order valence-electron chi connectivity index (χ3n) is 3.75. The van der Waals surface area contributed by atoms with Crippen LogP contribution in [0.5, 0.6) is 0 Å². The molecule has 2 rings (SSSR count). The zero-order valence-corrected chi connectivity index (χ0v) is 11.5. The highest BCUT2D eigenvalue weighted by Crippen LogP contribution is 2.53. The molecule has 2 unspecified atom stereocenters. The number of hydrogen-bond acceptors (Lipinski definition) is 3. The van der Waals surface area contributed by atoms with Crippen molar-refractivity contribution in [1.82, 2.24) is 0 Å². The molecule has 4 heteroatoms. The van der Waals surface area contributed by atoms with E-state index in [1.165, 1.54) is 12.1 Å². The number of esters is 1. The zero-order chi connectivity index (χ0) is 14.1. The monoisotopic (exact) mass is 266 g/mol. The first kappa shape index (κ1) is 14.0. The summed E-state index contributed by atoms with van der Waals surface area (Å²) in [5.74, 6) is -0.601. The molecule has 3 nitrogen and oxygen atoms in total. The van der Waals surface area contributed by atoms with Crippen molar-refractivity contribution >= 4 is 5.97 Å². The number of halogens is 1. The molecule has 19 heavy (non-hydrogen) atoms. The Morgan fingerprint density at radius 1 is 1.42 bits per heavy atom. The molecule has 0 bridgehead atoms. The van der Waals surface area contributed by atoms with Crippen LogP contribution in [-0.4, -0.2) is 23.8 Å². The van der Waals surface area contributed by atoms with Gasteiger partial charge in [-0.1, -0.05) is 19.1 Å². The molecule has 2 atom stereocenters. The van der Waals surface area contributed by atoms with E-state index in [1.54, 1.807) is 13.0 Å². The van der Waals surface area contributed by atoms with Crippen LogP contribution in [0.2, 0.25) is 0 Å². The lowest BCUT2D eigenvalue weighted by molar-refractivity contribution is -0.149. The van der Waals surface area contributed by atoms with Crippen LogP contribution in [0.15, 0.2) is 24.3 Å². The van der Waals surface area contributed by atoms with E-state index in [4.69, 9.17) is 9.47 Å². The van der Waals surface area contributed by atoms with E-state index in [0.717, 1.165) is 5.56 Å². The Morgan fingerprint density at radius 3 is 2.74 bits per heavy atom. The predicted molar refractivity (Wildman–Crippen MR) is 69.2 cm³/mol. The fraction of sp³-hybridized carbons (Fsp3) is 0.533. The number of benzene rings is 1. The van der Waals surface area contributed by atoms with Crippen LogP contribution in [0, 0.1) is 5.82 Å². The van der Waals surface area contributed by atoms with Crippen molar-refractivity contribution in [2.75, 3.05) is 6.61 Å². The van der Waals surface area contributed by atoms with E-state index in [0.29, 0.717) is 19.4 Å². The van der Waals surface area contributed by atoms with Gasteiger partial charge in [-0.3, -0.25) is 0 Å². The topological polar surface area (TPSA) is 38.8 Å². The number of epoxide rings is 1. The van der Waals surface area contributed by atoms with E-state index in [9.17, 15) is 9.18 Å². The molecule has 1 heterocycles. The predicted octanol–water partition coefficient (Wildman–Crippen LogP) is 2.87. The van der Waals surface area contributed by atoms with Crippen LogP contribution in [0.3, 0.4) is 0 Å². The molecule has 0 aromatic heterocycles. The Balaban J connectivity index is 2.15. The van der Waals surface area contributed by atoms with Gasteiger partial charge >= 0.3 is 5.97 Å². The van der Waals surface area contributed by atoms with Gasteiger partial charge in [-0.15, -0.1) is 0 Å². The molecule has 1 aliphatic rings.